The summed E-state index contributed by atoms with van der Waals surface area (Å²) in [5.41, 5.74) is -0.168. The van der Waals surface area contributed by atoms with Gasteiger partial charge in [0.2, 0.25) is 6.79 Å². The van der Waals surface area contributed by atoms with Crippen molar-refractivity contribution in [1.82, 2.24) is 5.32 Å². The van der Waals surface area contributed by atoms with Crippen LogP contribution < -0.4 is 40.0 Å². The van der Waals surface area contributed by atoms with E-state index in [1.54, 1.807) is 45.0 Å². The molecule has 0 aliphatic heterocycles. The molecular formula is C17H21ClNNaO6. The molecule has 26 heavy (non-hydrogen) atoms. The molecular weight excluding hydrogens is 373 g/mol. The Morgan fingerprint density at radius 2 is 1.73 bits per heavy atom. The van der Waals surface area contributed by atoms with Crippen LogP contribution in [0.1, 0.15) is 38.7 Å². The number of rotatable bonds is 7. The van der Waals surface area contributed by atoms with Crippen molar-refractivity contribution in [2.24, 2.45) is 5.41 Å². The fraction of sp³-hybridized carbons (Fsp3) is 0.471. The quantitative estimate of drug-likeness (QED) is 0.356. The van der Waals surface area contributed by atoms with Gasteiger partial charge in [-0.1, -0.05) is 23.7 Å². The van der Waals surface area contributed by atoms with E-state index in [1.165, 1.54) is 0 Å². The molecule has 7 nitrogen and oxygen atoms in total. The number of carbonyl (C=O) groups is 3. The normalized spacial score (nSPS) is 11.7. The van der Waals surface area contributed by atoms with Gasteiger partial charge in [0.1, 0.15) is 0 Å². The molecule has 1 aromatic carbocycles. The van der Waals surface area contributed by atoms with E-state index in [9.17, 15) is 19.5 Å². The van der Waals surface area contributed by atoms with Crippen LogP contribution in [0.15, 0.2) is 24.3 Å². The van der Waals surface area contributed by atoms with Gasteiger partial charge in [-0.15, -0.1) is 0 Å². The molecule has 0 heterocycles. The fourth-order valence-corrected chi connectivity index (χ4v) is 1.96. The maximum absolute atomic E-state index is 11.5. The Kier molecular flexibility index (Phi) is 10.9. The van der Waals surface area contributed by atoms with E-state index >= 15 is 0 Å². The molecule has 9 heteroatoms. The van der Waals surface area contributed by atoms with Crippen molar-refractivity contribution in [2.75, 3.05) is 13.3 Å². The second kappa shape index (κ2) is 11.4. The number of carboxylic acid groups (broad SMARTS) is 1. The molecule has 0 fully saturated rings. The summed E-state index contributed by atoms with van der Waals surface area (Å²) in [5.74, 6) is -2.65. The number of alkyl carbamates (subject to hydrolysis) is 1. The Balaban J connectivity index is 0.00000625. The van der Waals surface area contributed by atoms with Crippen LogP contribution in [-0.2, 0) is 19.1 Å². The summed E-state index contributed by atoms with van der Waals surface area (Å²) in [6.45, 7) is 4.56. The van der Waals surface area contributed by atoms with Crippen molar-refractivity contribution >= 4 is 29.6 Å². The standard InChI is InChI=1S/C17H22ClNO6.Na/c1-17(2,3)15(22)24-10-25-16(23)19-9-8-13(14(20)21)11-4-6-12(18)7-5-11;/h4-7,13H,8-10H2,1-3H3,(H,19,23)(H,20,21);/q;+1/p-1. The van der Waals surface area contributed by atoms with E-state index in [4.69, 9.17) is 21.1 Å². The number of benzene rings is 1. The largest absolute Gasteiger partial charge is 1.00 e. The third-order valence-corrected chi connectivity index (χ3v) is 3.50. The zero-order chi connectivity index (χ0) is 19.0. The van der Waals surface area contributed by atoms with Gasteiger partial charge in [0.25, 0.3) is 0 Å². The monoisotopic (exact) mass is 393 g/mol. The molecule has 1 N–H and O–H groups in total. The minimum Gasteiger partial charge on any atom is -0.549 e. The Hall–Kier alpha value is -1.28. The predicted molar refractivity (Wildman–Crippen MR) is 88.7 cm³/mol. The van der Waals surface area contributed by atoms with Crippen molar-refractivity contribution in [3.8, 4) is 0 Å². The first-order valence-electron chi connectivity index (χ1n) is 7.65. The average molecular weight is 394 g/mol. The van der Waals surface area contributed by atoms with Gasteiger partial charge in [-0.25, -0.2) is 4.79 Å². The molecule has 1 aromatic rings. The van der Waals surface area contributed by atoms with Gasteiger partial charge in [-0.3, -0.25) is 4.79 Å². The van der Waals surface area contributed by atoms with E-state index in [1.807, 2.05) is 0 Å². The molecule has 0 spiro atoms. The Bertz CT molecular complexity index is 615. The van der Waals surface area contributed by atoms with E-state index in [0.717, 1.165) is 0 Å². The van der Waals surface area contributed by atoms with Gasteiger partial charge < -0.3 is 24.7 Å². The molecule has 1 amide bonds. The number of amides is 1. The van der Waals surface area contributed by atoms with Crippen molar-refractivity contribution in [2.45, 2.75) is 33.1 Å². The van der Waals surface area contributed by atoms with Crippen LogP contribution in [0.3, 0.4) is 0 Å². The maximum Gasteiger partial charge on any atom is 1.00 e. The first-order valence-corrected chi connectivity index (χ1v) is 8.03. The van der Waals surface area contributed by atoms with Crippen LogP contribution in [0, 0.1) is 5.41 Å². The van der Waals surface area contributed by atoms with Crippen molar-refractivity contribution in [1.29, 1.82) is 0 Å². The van der Waals surface area contributed by atoms with Crippen LogP contribution in [0.4, 0.5) is 4.79 Å². The maximum atomic E-state index is 11.5. The van der Waals surface area contributed by atoms with E-state index in [0.29, 0.717) is 10.6 Å². The summed E-state index contributed by atoms with van der Waals surface area (Å²) < 4.78 is 9.48. The minimum atomic E-state index is -1.25. The summed E-state index contributed by atoms with van der Waals surface area (Å²) in [4.78, 5) is 34.2. The Labute approximate surface area is 179 Å². The molecule has 1 atom stereocenters. The van der Waals surface area contributed by atoms with Crippen molar-refractivity contribution < 1.29 is 58.5 Å². The first-order chi connectivity index (χ1) is 11.6. The average Bonchev–Trinajstić information content (AvgIpc) is 2.51. The Morgan fingerprint density at radius 1 is 1.15 bits per heavy atom. The molecule has 1 rings (SSSR count). The minimum absolute atomic E-state index is 0. The number of halogens is 1. The molecule has 0 radical (unpaired) electrons. The summed E-state index contributed by atoms with van der Waals surface area (Å²) in [7, 11) is 0. The number of hydrogen-bond acceptors (Lipinski definition) is 6. The Morgan fingerprint density at radius 3 is 2.23 bits per heavy atom. The number of ether oxygens (including phenoxy) is 2. The van der Waals surface area contributed by atoms with Crippen molar-refractivity contribution in [3.63, 3.8) is 0 Å². The second-order valence-corrected chi connectivity index (χ2v) is 6.81. The SMILES string of the molecule is CC(C)(C)C(=O)OCOC(=O)NCCC(C(=O)[O-])c1ccc(Cl)cc1.[Na+]. The molecule has 0 aliphatic rings. The third-order valence-electron chi connectivity index (χ3n) is 3.25. The number of carbonyl (C=O) groups excluding carboxylic acids is 3. The molecule has 0 aliphatic carbocycles. The molecule has 138 valence electrons. The number of esters is 1. The number of nitrogens with one attached hydrogen (secondary N) is 1. The van der Waals surface area contributed by atoms with E-state index in [-0.39, 0.29) is 42.5 Å². The van der Waals surface area contributed by atoms with Gasteiger partial charge in [-0.05, 0) is 44.9 Å². The summed E-state index contributed by atoms with van der Waals surface area (Å²) in [5, 5.41) is 14.1. The van der Waals surface area contributed by atoms with Crippen LogP contribution in [-0.4, -0.2) is 31.4 Å². The molecule has 0 bridgehead atoms. The van der Waals surface area contributed by atoms with Gasteiger partial charge in [0, 0.05) is 23.5 Å². The van der Waals surface area contributed by atoms with Gasteiger partial charge in [-0.2, -0.15) is 0 Å². The molecule has 1 unspecified atom stereocenters. The topological polar surface area (TPSA) is 105 Å². The molecule has 0 saturated carbocycles. The first kappa shape index (κ1) is 24.7. The zero-order valence-corrected chi connectivity index (χ0v) is 18.1. The van der Waals surface area contributed by atoms with Crippen LogP contribution in [0.25, 0.3) is 0 Å². The molecule has 0 aromatic heterocycles. The van der Waals surface area contributed by atoms with Gasteiger partial charge in [0.05, 0.1) is 5.41 Å². The summed E-state index contributed by atoms with van der Waals surface area (Å²) in [6.07, 6.45) is -0.698. The number of aliphatic carboxylic acids is 1. The van der Waals surface area contributed by atoms with Crippen LogP contribution >= 0.6 is 11.6 Å². The third kappa shape index (κ3) is 8.89. The molecule has 0 saturated heterocycles. The van der Waals surface area contributed by atoms with Crippen molar-refractivity contribution in [3.05, 3.63) is 34.9 Å². The number of hydrogen-bond donors (Lipinski definition) is 1. The predicted octanol–water partition coefficient (Wildman–Crippen LogP) is -1.16. The second-order valence-electron chi connectivity index (χ2n) is 6.37. The van der Waals surface area contributed by atoms with Crippen LogP contribution in [0.5, 0.6) is 0 Å². The smallest absolute Gasteiger partial charge is 0.549 e. The van der Waals surface area contributed by atoms with Gasteiger partial charge >= 0.3 is 41.6 Å². The number of carboxylic acids is 1. The zero-order valence-electron chi connectivity index (χ0n) is 15.3. The van der Waals surface area contributed by atoms with E-state index in [2.05, 4.69) is 5.32 Å². The van der Waals surface area contributed by atoms with Crippen LogP contribution in [0.2, 0.25) is 5.02 Å². The van der Waals surface area contributed by atoms with E-state index < -0.39 is 36.2 Å². The fourth-order valence-electron chi connectivity index (χ4n) is 1.84. The summed E-state index contributed by atoms with van der Waals surface area (Å²) >= 11 is 5.77. The summed E-state index contributed by atoms with van der Waals surface area (Å²) in [6, 6.07) is 6.34. The van der Waals surface area contributed by atoms with Gasteiger partial charge in [0.15, 0.2) is 0 Å².